The number of nitrogens with two attached hydrogens (primary N) is 1. The Labute approximate surface area is 173 Å². The van der Waals surface area contributed by atoms with Crippen LogP contribution in [0.15, 0.2) is 85.1 Å². The largest absolute Gasteiger partial charge is 0.397 e. The van der Waals surface area contributed by atoms with Crippen molar-refractivity contribution in [3.63, 3.8) is 0 Å². The molecule has 4 aromatic rings. The summed E-state index contributed by atoms with van der Waals surface area (Å²) in [4.78, 5) is 28.9. The van der Waals surface area contributed by atoms with Crippen molar-refractivity contribution >= 4 is 39.6 Å². The number of pyridine rings is 1. The van der Waals surface area contributed by atoms with Crippen molar-refractivity contribution < 1.29 is 9.59 Å². The van der Waals surface area contributed by atoms with Crippen LogP contribution in [-0.2, 0) is 11.2 Å². The van der Waals surface area contributed by atoms with E-state index >= 15 is 0 Å². The SMILES string of the molecule is Nc1ccccc1NC(=O)c1ccc(NC(=O)Cc2ccc3ccccc3c2)cn1. The number of carbonyl (C=O) groups is 2. The van der Waals surface area contributed by atoms with Gasteiger partial charge in [-0.1, -0.05) is 54.6 Å². The molecule has 6 heteroatoms. The Morgan fingerprint density at radius 2 is 1.60 bits per heavy atom. The third-order valence-corrected chi connectivity index (χ3v) is 4.67. The van der Waals surface area contributed by atoms with Crippen LogP contribution in [0.25, 0.3) is 10.8 Å². The summed E-state index contributed by atoms with van der Waals surface area (Å²) in [5, 5.41) is 7.76. The van der Waals surface area contributed by atoms with Crippen LogP contribution in [0.1, 0.15) is 16.1 Å². The van der Waals surface area contributed by atoms with Crippen LogP contribution in [0.3, 0.4) is 0 Å². The van der Waals surface area contributed by atoms with Crippen molar-refractivity contribution in [3.05, 3.63) is 96.3 Å². The quantitative estimate of drug-likeness (QED) is 0.439. The highest BCUT2D eigenvalue weighted by atomic mass is 16.2. The third-order valence-electron chi connectivity index (χ3n) is 4.67. The van der Waals surface area contributed by atoms with E-state index in [0.29, 0.717) is 17.1 Å². The van der Waals surface area contributed by atoms with Gasteiger partial charge in [0, 0.05) is 0 Å². The van der Waals surface area contributed by atoms with Crippen LogP contribution in [-0.4, -0.2) is 16.8 Å². The number of amides is 2. The maximum absolute atomic E-state index is 12.4. The van der Waals surface area contributed by atoms with E-state index in [1.54, 1.807) is 36.4 Å². The summed E-state index contributed by atoms with van der Waals surface area (Å²) in [6.07, 6.45) is 1.71. The second-order valence-electron chi connectivity index (χ2n) is 6.88. The Hall–Kier alpha value is -4.19. The number of rotatable bonds is 5. The smallest absolute Gasteiger partial charge is 0.274 e. The normalized spacial score (nSPS) is 10.5. The zero-order chi connectivity index (χ0) is 20.9. The van der Waals surface area contributed by atoms with Gasteiger partial charge in [-0.3, -0.25) is 9.59 Å². The molecule has 0 saturated carbocycles. The van der Waals surface area contributed by atoms with E-state index in [9.17, 15) is 9.59 Å². The molecule has 0 radical (unpaired) electrons. The van der Waals surface area contributed by atoms with Gasteiger partial charge in [0.1, 0.15) is 5.69 Å². The lowest BCUT2D eigenvalue weighted by atomic mass is 10.0. The number of benzene rings is 3. The molecule has 6 nitrogen and oxygen atoms in total. The molecule has 0 unspecified atom stereocenters. The first-order valence-corrected chi connectivity index (χ1v) is 9.48. The maximum Gasteiger partial charge on any atom is 0.274 e. The lowest BCUT2D eigenvalue weighted by molar-refractivity contribution is -0.115. The van der Waals surface area contributed by atoms with E-state index in [0.717, 1.165) is 16.3 Å². The van der Waals surface area contributed by atoms with Crippen LogP contribution in [0.2, 0.25) is 0 Å². The molecule has 3 aromatic carbocycles. The van der Waals surface area contributed by atoms with E-state index in [2.05, 4.69) is 15.6 Å². The predicted octanol–water partition coefficient (Wildman–Crippen LogP) is 4.25. The second kappa shape index (κ2) is 8.45. The molecule has 0 atom stereocenters. The summed E-state index contributed by atoms with van der Waals surface area (Å²) >= 11 is 0. The monoisotopic (exact) mass is 396 g/mol. The molecule has 1 aromatic heterocycles. The molecule has 4 rings (SSSR count). The summed E-state index contributed by atoms with van der Waals surface area (Å²) in [5.41, 5.74) is 8.52. The molecule has 0 aliphatic heterocycles. The average molecular weight is 396 g/mol. The molecule has 0 bridgehead atoms. The van der Waals surface area contributed by atoms with E-state index < -0.39 is 0 Å². The van der Waals surface area contributed by atoms with Crippen LogP contribution in [0, 0.1) is 0 Å². The summed E-state index contributed by atoms with van der Waals surface area (Å²) < 4.78 is 0. The molecular formula is C24H20N4O2. The number of aromatic nitrogens is 1. The Kier molecular flexibility index (Phi) is 5.39. The lowest BCUT2D eigenvalue weighted by Gasteiger charge is -2.09. The number of para-hydroxylation sites is 2. The van der Waals surface area contributed by atoms with Gasteiger partial charge in [0.15, 0.2) is 0 Å². The molecule has 0 fully saturated rings. The van der Waals surface area contributed by atoms with Gasteiger partial charge in [-0.05, 0) is 40.6 Å². The van der Waals surface area contributed by atoms with Crippen molar-refractivity contribution in [3.8, 4) is 0 Å². The summed E-state index contributed by atoms with van der Waals surface area (Å²) in [5.74, 6) is -0.525. The Morgan fingerprint density at radius 1 is 0.833 bits per heavy atom. The Bertz CT molecular complexity index is 1220. The fraction of sp³-hybridized carbons (Fsp3) is 0.0417. The molecule has 0 aliphatic carbocycles. The fourth-order valence-corrected chi connectivity index (χ4v) is 3.14. The van der Waals surface area contributed by atoms with Crippen molar-refractivity contribution in [2.75, 3.05) is 16.4 Å². The van der Waals surface area contributed by atoms with Gasteiger partial charge < -0.3 is 16.4 Å². The number of hydrogen-bond acceptors (Lipinski definition) is 4. The highest BCUT2D eigenvalue weighted by Crippen LogP contribution is 2.18. The van der Waals surface area contributed by atoms with E-state index in [1.165, 1.54) is 6.20 Å². The first kappa shape index (κ1) is 19.1. The van der Waals surface area contributed by atoms with Gasteiger partial charge in [0.05, 0.1) is 29.7 Å². The van der Waals surface area contributed by atoms with E-state index in [1.807, 2.05) is 42.5 Å². The third kappa shape index (κ3) is 4.44. The minimum absolute atomic E-state index is 0.152. The van der Waals surface area contributed by atoms with Gasteiger partial charge in [-0.15, -0.1) is 0 Å². The first-order chi connectivity index (χ1) is 14.6. The standard InChI is InChI=1S/C24H20N4O2/c25-20-7-3-4-8-21(20)28-24(30)22-12-11-19(15-26-22)27-23(29)14-16-9-10-17-5-1-2-6-18(17)13-16/h1-13,15H,14,25H2,(H,27,29)(H,28,30). The number of carbonyl (C=O) groups excluding carboxylic acids is 2. The molecule has 4 N–H and O–H groups in total. The zero-order valence-electron chi connectivity index (χ0n) is 16.1. The maximum atomic E-state index is 12.4. The van der Waals surface area contributed by atoms with Crippen molar-refractivity contribution in [2.45, 2.75) is 6.42 Å². The topological polar surface area (TPSA) is 97.1 Å². The van der Waals surface area contributed by atoms with Gasteiger partial charge in [0.2, 0.25) is 5.91 Å². The number of anilines is 3. The molecule has 0 saturated heterocycles. The van der Waals surface area contributed by atoms with Crippen LogP contribution in [0.5, 0.6) is 0 Å². The molecule has 148 valence electrons. The first-order valence-electron chi connectivity index (χ1n) is 9.48. The number of hydrogen-bond donors (Lipinski definition) is 3. The number of nitrogens with zero attached hydrogens (tertiary/aromatic N) is 1. The van der Waals surface area contributed by atoms with Crippen LogP contribution >= 0.6 is 0 Å². The predicted molar refractivity (Wildman–Crippen MR) is 119 cm³/mol. The van der Waals surface area contributed by atoms with Gasteiger partial charge in [-0.2, -0.15) is 0 Å². The highest BCUT2D eigenvalue weighted by molar-refractivity contribution is 6.04. The molecule has 30 heavy (non-hydrogen) atoms. The molecule has 0 spiro atoms. The summed E-state index contributed by atoms with van der Waals surface area (Å²) in [7, 11) is 0. The summed E-state index contributed by atoms with van der Waals surface area (Å²) in [6.45, 7) is 0. The minimum Gasteiger partial charge on any atom is -0.397 e. The lowest BCUT2D eigenvalue weighted by Crippen LogP contribution is -2.16. The Balaban J connectivity index is 1.38. The number of fused-ring (bicyclic) bond motifs is 1. The van der Waals surface area contributed by atoms with Crippen LogP contribution < -0.4 is 16.4 Å². The number of nitrogens with one attached hydrogen (secondary N) is 2. The van der Waals surface area contributed by atoms with E-state index in [4.69, 9.17) is 5.73 Å². The van der Waals surface area contributed by atoms with E-state index in [-0.39, 0.29) is 23.9 Å². The summed E-state index contributed by atoms with van der Waals surface area (Å²) in [6, 6.07) is 24.2. The zero-order valence-corrected chi connectivity index (χ0v) is 16.1. The average Bonchev–Trinajstić information content (AvgIpc) is 2.75. The minimum atomic E-state index is -0.373. The Morgan fingerprint density at radius 3 is 2.37 bits per heavy atom. The fourth-order valence-electron chi connectivity index (χ4n) is 3.14. The molecular weight excluding hydrogens is 376 g/mol. The second-order valence-corrected chi connectivity index (χ2v) is 6.88. The van der Waals surface area contributed by atoms with Gasteiger partial charge >= 0.3 is 0 Å². The van der Waals surface area contributed by atoms with Crippen molar-refractivity contribution in [2.24, 2.45) is 0 Å². The van der Waals surface area contributed by atoms with Gasteiger partial charge in [0.25, 0.3) is 5.91 Å². The van der Waals surface area contributed by atoms with Crippen LogP contribution in [0.4, 0.5) is 17.1 Å². The molecule has 2 amide bonds. The van der Waals surface area contributed by atoms with Gasteiger partial charge in [-0.25, -0.2) is 4.98 Å². The number of nitrogen functional groups attached to an aromatic ring is 1. The highest BCUT2D eigenvalue weighted by Gasteiger charge is 2.10. The van der Waals surface area contributed by atoms with Crippen molar-refractivity contribution in [1.29, 1.82) is 0 Å². The molecule has 1 heterocycles. The van der Waals surface area contributed by atoms with Crippen molar-refractivity contribution in [1.82, 2.24) is 4.98 Å². The molecule has 0 aliphatic rings.